The second kappa shape index (κ2) is 7.30. The molecule has 0 amide bonds. The van der Waals surface area contributed by atoms with E-state index in [2.05, 4.69) is 4.90 Å². The van der Waals surface area contributed by atoms with Crippen molar-refractivity contribution in [1.82, 2.24) is 4.98 Å². The maximum absolute atomic E-state index is 13.1. The molecule has 1 aliphatic heterocycles. The average molecular weight is 364 g/mol. The zero-order valence-electron chi connectivity index (χ0n) is 14.6. The molecular formula is C21H20N2O2S. The van der Waals surface area contributed by atoms with Crippen molar-refractivity contribution in [2.24, 2.45) is 0 Å². The molecule has 132 valence electrons. The lowest BCUT2D eigenvalue weighted by Gasteiger charge is -2.12. The first-order chi connectivity index (χ1) is 12.8. The Hall–Kier alpha value is -2.66. The largest absolute Gasteiger partial charge is 0.497 e. The van der Waals surface area contributed by atoms with Crippen molar-refractivity contribution in [2.45, 2.75) is 12.8 Å². The van der Waals surface area contributed by atoms with Crippen molar-refractivity contribution < 1.29 is 9.53 Å². The van der Waals surface area contributed by atoms with Crippen LogP contribution in [0.25, 0.3) is 10.4 Å². The maximum Gasteiger partial charge on any atom is 0.212 e. The number of thiazole rings is 1. The molecule has 2 aromatic carbocycles. The Bertz CT molecular complexity index is 898. The Morgan fingerprint density at radius 2 is 1.73 bits per heavy atom. The summed E-state index contributed by atoms with van der Waals surface area (Å²) in [4.78, 5) is 21.0. The Morgan fingerprint density at radius 3 is 2.38 bits per heavy atom. The van der Waals surface area contributed by atoms with Gasteiger partial charge in [0.1, 0.15) is 11.4 Å². The summed E-state index contributed by atoms with van der Waals surface area (Å²) in [6.07, 6.45) is 2.36. The highest BCUT2D eigenvalue weighted by Gasteiger charge is 2.24. The topological polar surface area (TPSA) is 42.4 Å². The lowest BCUT2D eigenvalue weighted by molar-refractivity contribution is 0.103. The van der Waals surface area contributed by atoms with E-state index in [0.29, 0.717) is 11.3 Å². The van der Waals surface area contributed by atoms with Gasteiger partial charge in [-0.3, -0.25) is 4.79 Å². The van der Waals surface area contributed by atoms with Crippen LogP contribution >= 0.6 is 11.3 Å². The van der Waals surface area contributed by atoms with Crippen molar-refractivity contribution in [3.63, 3.8) is 0 Å². The third kappa shape index (κ3) is 3.22. The van der Waals surface area contributed by atoms with Crippen LogP contribution in [0.4, 0.5) is 5.13 Å². The van der Waals surface area contributed by atoms with E-state index in [1.807, 2.05) is 54.6 Å². The van der Waals surface area contributed by atoms with Gasteiger partial charge >= 0.3 is 0 Å². The first kappa shape index (κ1) is 16.8. The second-order valence-electron chi connectivity index (χ2n) is 6.29. The summed E-state index contributed by atoms with van der Waals surface area (Å²) in [5, 5.41) is 0.938. The van der Waals surface area contributed by atoms with Crippen LogP contribution in [0.3, 0.4) is 0 Å². The van der Waals surface area contributed by atoms with E-state index in [1.54, 1.807) is 18.4 Å². The van der Waals surface area contributed by atoms with Gasteiger partial charge in [0.25, 0.3) is 0 Å². The Kier molecular flexibility index (Phi) is 4.71. The van der Waals surface area contributed by atoms with E-state index in [9.17, 15) is 4.79 Å². The summed E-state index contributed by atoms with van der Waals surface area (Å²) in [6, 6.07) is 17.2. The molecular weight excluding hydrogens is 344 g/mol. The van der Waals surface area contributed by atoms with Gasteiger partial charge in [-0.25, -0.2) is 4.98 Å². The minimum atomic E-state index is -0.0295. The first-order valence-corrected chi connectivity index (χ1v) is 9.58. The molecule has 0 saturated carbocycles. The van der Waals surface area contributed by atoms with Crippen LogP contribution in [0.2, 0.25) is 0 Å². The summed E-state index contributed by atoms with van der Waals surface area (Å²) in [5.74, 6) is 0.770. The SMILES string of the molecule is COc1ccc(-c2sc(N3CCCC3)nc2C(=O)c2ccccc2)cc1. The molecule has 0 N–H and O–H groups in total. The lowest BCUT2D eigenvalue weighted by Crippen LogP contribution is -2.17. The van der Waals surface area contributed by atoms with Crippen LogP contribution in [-0.2, 0) is 0 Å². The fourth-order valence-electron chi connectivity index (χ4n) is 3.17. The zero-order chi connectivity index (χ0) is 17.9. The highest BCUT2D eigenvalue weighted by Crippen LogP contribution is 2.37. The number of carbonyl (C=O) groups excluding carboxylic acids is 1. The van der Waals surface area contributed by atoms with Gasteiger partial charge in [-0.05, 0) is 42.7 Å². The number of hydrogen-bond donors (Lipinski definition) is 0. The average Bonchev–Trinajstić information content (AvgIpc) is 3.38. The fraction of sp³-hybridized carbons (Fsp3) is 0.238. The molecule has 1 fully saturated rings. The number of aromatic nitrogens is 1. The van der Waals surface area contributed by atoms with Gasteiger partial charge in [-0.1, -0.05) is 41.7 Å². The summed E-state index contributed by atoms with van der Waals surface area (Å²) in [6.45, 7) is 2.02. The van der Waals surface area contributed by atoms with Gasteiger partial charge in [0.2, 0.25) is 5.78 Å². The summed E-state index contributed by atoms with van der Waals surface area (Å²) in [7, 11) is 1.65. The van der Waals surface area contributed by atoms with Crippen molar-refractivity contribution in [2.75, 3.05) is 25.1 Å². The second-order valence-corrected chi connectivity index (χ2v) is 7.27. The van der Waals surface area contributed by atoms with Gasteiger partial charge < -0.3 is 9.64 Å². The van der Waals surface area contributed by atoms with Gasteiger partial charge in [0.15, 0.2) is 5.13 Å². The number of anilines is 1. The van der Waals surface area contributed by atoms with E-state index in [1.165, 1.54) is 12.8 Å². The number of rotatable bonds is 5. The number of methoxy groups -OCH3 is 1. The van der Waals surface area contributed by atoms with Crippen molar-refractivity contribution >= 4 is 22.3 Å². The van der Waals surface area contributed by atoms with E-state index >= 15 is 0 Å². The number of nitrogens with zero attached hydrogens (tertiary/aromatic N) is 2. The highest BCUT2D eigenvalue weighted by atomic mass is 32.1. The number of ether oxygens (including phenoxy) is 1. The third-order valence-corrected chi connectivity index (χ3v) is 5.76. The standard InChI is InChI=1S/C21H20N2O2S/c1-25-17-11-9-16(10-12-17)20-18(19(24)15-7-3-2-4-8-15)22-21(26-20)23-13-5-6-14-23/h2-4,7-12H,5-6,13-14H2,1H3. The third-order valence-electron chi connectivity index (χ3n) is 4.60. The predicted octanol–water partition coefficient (Wildman–Crippen LogP) is 4.65. The smallest absolute Gasteiger partial charge is 0.212 e. The minimum Gasteiger partial charge on any atom is -0.497 e. The van der Waals surface area contributed by atoms with E-state index in [0.717, 1.165) is 34.4 Å². The number of hydrogen-bond acceptors (Lipinski definition) is 5. The van der Waals surface area contributed by atoms with Crippen LogP contribution in [0, 0.1) is 0 Å². The lowest BCUT2D eigenvalue weighted by atomic mass is 10.0. The Morgan fingerprint density at radius 1 is 1.04 bits per heavy atom. The Balaban J connectivity index is 1.78. The van der Waals surface area contributed by atoms with Gasteiger partial charge in [0, 0.05) is 18.7 Å². The molecule has 0 aliphatic carbocycles. The molecule has 0 radical (unpaired) electrons. The molecule has 2 heterocycles. The monoisotopic (exact) mass is 364 g/mol. The zero-order valence-corrected chi connectivity index (χ0v) is 15.5. The highest BCUT2D eigenvalue weighted by molar-refractivity contribution is 7.19. The van der Waals surface area contributed by atoms with Gasteiger partial charge in [-0.15, -0.1) is 0 Å². The normalized spacial score (nSPS) is 13.8. The van der Waals surface area contributed by atoms with Crippen LogP contribution in [-0.4, -0.2) is 31.0 Å². The minimum absolute atomic E-state index is 0.0295. The molecule has 5 heteroatoms. The molecule has 1 aliphatic rings. The molecule has 0 unspecified atom stereocenters. The molecule has 1 saturated heterocycles. The Labute approximate surface area is 157 Å². The van der Waals surface area contributed by atoms with Crippen LogP contribution in [0.1, 0.15) is 28.9 Å². The van der Waals surface area contributed by atoms with Gasteiger partial charge in [0.05, 0.1) is 12.0 Å². The number of ketones is 1. The molecule has 4 rings (SSSR count). The summed E-state index contributed by atoms with van der Waals surface area (Å²) < 4.78 is 5.25. The summed E-state index contributed by atoms with van der Waals surface area (Å²) in [5.41, 5.74) is 2.20. The van der Waals surface area contributed by atoms with Gasteiger partial charge in [-0.2, -0.15) is 0 Å². The van der Waals surface area contributed by atoms with Crippen LogP contribution < -0.4 is 9.64 Å². The molecule has 0 spiro atoms. The van der Waals surface area contributed by atoms with Crippen molar-refractivity contribution in [3.05, 3.63) is 65.9 Å². The molecule has 0 bridgehead atoms. The van der Waals surface area contributed by atoms with E-state index in [4.69, 9.17) is 9.72 Å². The fourth-order valence-corrected chi connectivity index (χ4v) is 4.29. The molecule has 3 aromatic rings. The van der Waals surface area contributed by atoms with E-state index < -0.39 is 0 Å². The van der Waals surface area contributed by atoms with Crippen molar-refractivity contribution in [1.29, 1.82) is 0 Å². The van der Waals surface area contributed by atoms with Crippen molar-refractivity contribution in [3.8, 4) is 16.2 Å². The predicted molar refractivity (Wildman–Crippen MR) is 105 cm³/mol. The molecule has 26 heavy (non-hydrogen) atoms. The number of carbonyl (C=O) groups is 1. The molecule has 4 nitrogen and oxygen atoms in total. The van der Waals surface area contributed by atoms with E-state index in [-0.39, 0.29) is 5.78 Å². The molecule has 1 aromatic heterocycles. The van der Waals surface area contributed by atoms with Crippen LogP contribution in [0.15, 0.2) is 54.6 Å². The quantitative estimate of drug-likeness (QED) is 0.618. The molecule has 0 atom stereocenters. The summed E-state index contributed by atoms with van der Waals surface area (Å²) >= 11 is 1.60. The number of benzene rings is 2. The first-order valence-electron chi connectivity index (χ1n) is 8.76. The van der Waals surface area contributed by atoms with Crippen LogP contribution in [0.5, 0.6) is 5.75 Å². The maximum atomic E-state index is 13.1.